The highest BCUT2D eigenvalue weighted by atomic mass is 16.5. The van der Waals surface area contributed by atoms with Crippen molar-refractivity contribution >= 4 is 17.7 Å². The Hall–Kier alpha value is -3.62. The van der Waals surface area contributed by atoms with Crippen molar-refractivity contribution in [3.05, 3.63) is 53.5 Å². The lowest BCUT2D eigenvalue weighted by atomic mass is 10.3. The number of amides is 1. The zero-order valence-corrected chi connectivity index (χ0v) is 15.9. The summed E-state index contributed by atoms with van der Waals surface area (Å²) in [5.41, 5.74) is 0.891. The van der Waals surface area contributed by atoms with Gasteiger partial charge in [0.15, 0.2) is 5.82 Å². The Morgan fingerprint density at radius 2 is 1.86 bits per heavy atom. The molecule has 0 aliphatic carbocycles. The number of aromatic nitrogens is 3. The molecular weight excluding hydrogens is 362 g/mol. The van der Waals surface area contributed by atoms with Crippen LogP contribution in [0.1, 0.15) is 21.9 Å². The van der Waals surface area contributed by atoms with E-state index in [4.69, 9.17) is 14.0 Å². The SMILES string of the molecule is COc1ccc(OCCNc2nc(C)cc(C(=O)Nc3cc(C)on3)n2)cc1. The van der Waals surface area contributed by atoms with Gasteiger partial charge in [-0.2, -0.15) is 0 Å². The Labute approximate surface area is 162 Å². The molecule has 2 heterocycles. The quantitative estimate of drug-likeness (QED) is 0.571. The van der Waals surface area contributed by atoms with Gasteiger partial charge < -0.3 is 24.6 Å². The van der Waals surface area contributed by atoms with Crippen molar-refractivity contribution in [1.29, 1.82) is 0 Å². The van der Waals surface area contributed by atoms with Crippen molar-refractivity contribution < 1.29 is 18.8 Å². The van der Waals surface area contributed by atoms with Gasteiger partial charge in [0.25, 0.3) is 5.91 Å². The number of carbonyl (C=O) groups excluding carboxylic acids is 1. The fourth-order valence-corrected chi connectivity index (χ4v) is 2.37. The van der Waals surface area contributed by atoms with Gasteiger partial charge in [-0.3, -0.25) is 4.79 Å². The second kappa shape index (κ2) is 8.85. The van der Waals surface area contributed by atoms with E-state index >= 15 is 0 Å². The summed E-state index contributed by atoms with van der Waals surface area (Å²) in [6.45, 7) is 4.41. The first-order valence-electron chi connectivity index (χ1n) is 8.64. The second-order valence-corrected chi connectivity index (χ2v) is 5.95. The third-order valence-electron chi connectivity index (χ3n) is 3.67. The minimum absolute atomic E-state index is 0.228. The number of hydrogen-bond donors (Lipinski definition) is 2. The van der Waals surface area contributed by atoms with Gasteiger partial charge in [-0.25, -0.2) is 9.97 Å². The van der Waals surface area contributed by atoms with E-state index in [2.05, 4.69) is 25.8 Å². The topological polar surface area (TPSA) is 111 Å². The first-order valence-corrected chi connectivity index (χ1v) is 8.64. The molecule has 9 heteroatoms. The molecule has 0 radical (unpaired) electrons. The molecule has 0 saturated carbocycles. The smallest absolute Gasteiger partial charge is 0.275 e. The average Bonchev–Trinajstić information content (AvgIpc) is 3.10. The number of rotatable bonds is 8. The monoisotopic (exact) mass is 383 g/mol. The Bertz CT molecular complexity index is 940. The molecule has 2 aromatic heterocycles. The number of aryl methyl sites for hydroxylation is 2. The Balaban J connectivity index is 1.54. The predicted octanol–water partition coefficient (Wildman–Crippen LogP) is 2.83. The largest absolute Gasteiger partial charge is 0.497 e. The van der Waals surface area contributed by atoms with Crippen molar-refractivity contribution in [2.45, 2.75) is 13.8 Å². The first-order chi connectivity index (χ1) is 13.5. The third kappa shape index (κ3) is 5.19. The van der Waals surface area contributed by atoms with Gasteiger partial charge in [0.1, 0.15) is 29.6 Å². The molecule has 0 saturated heterocycles. The highest BCUT2D eigenvalue weighted by molar-refractivity contribution is 6.02. The van der Waals surface area contributed by atoms with E-state index in [0.29, 0.717) is 36.4 Å². The molecule has 0 fully saturated rings. The van der Waals surface area contributed by atoms with Crippen LogP contribution in [-0.4, -0.2) is 41.3 Å². The van der Waals surface area contributed by atoms with Crippen LogP contribution in [0, 0.1) is 13.8 Å². The fourth-order valence-electron chi connectivity index (χ4n) is 2.37. The van der Waals surface area contributed by atoms with Crippen molar-refractivity contribution in [2.75, 3.05) is 30.9 Å². The molecule has 9 nitrogen and oxygen atoms in total. The Morgan fingerprint density at radius 3 is 2.54 bits per heavy atom. The fraction of sp³-hybridized carbons (Fsp3) is 0.263. The molecule has 0 unspecified atom stereocenters. The van der Waals surface area contributed by atoms with Crippen LogP contribution in [0.2, 0.25) is 0 Å². The molecule has 0 atom stereocenters. The minimum atomic E-state index is -0.392. The molecule has 2 N–H and O–H groups in total. The highest BCUT2D eigenvalue weighted by Crippen LogP contribution is 2.17. The molecule has 0 aliphatic heterocycles. The molecule has 0 spiro atoms. The van der Waals surface area contributed by atoms with Crippen molar-refractivity contribution in [3.8, 4) is 11.5 Å². The lowest BCUT2D eigenvalue weighted by molar-refractivity contribution is 0.102. The summed E-state index contributed by atoms with van der Waals surface area (Å²) >= 11 is 0. The lowest BCUT2D eigenvalue weighted by Gasteiger charge is -2.09. The summed E-state index contributed by atoms with van der Waals surface area (Å²) in [5, 5.41) is 9.43. The summed E-state index contributed by atoms with van der Waals surface area (Å²) < 4.78 is 15.7. The molecule has 0 bridgehead atoms. The van der Waals surface area contributed by atoms with E-state index in [-0.39, 0.29) is 5.69 Å². The van der Waals surface area contributed by atoms with E-state index < -0.39 is 5.91 Å². The molecule has 3 aromatic rings. The number of nitrogens with one attached hydrogen (secondary N) is 2. The van der Waals surface area contributed by atoms with Crippen LogP contribution < -0.4 is 20.1 Å². The van der Waals surface area contributed by atoms with Crippen molar-refractivity contribution in [1.82, 2.24) is 15.1 Å². The van der Waals surface area contributed by atoms with Crippen LogP contribution in [0.5, 0.6) is 11.5 Å². The minimum Gasteiger partial charge on any atom is -0.497 e. The normalized spacial score (nSPS) is 10.4. The molecule has 1 aromatic carbocycles. The van der Waals surface area contributed by atoms with Gasteiger partial charge in [0, 0.05) is 11.8 Å². The second-order valence-electron chi connectivity index (χ2n) is 5.95. The van der Waals surface area contributed by atoms with Crippen LogP contribution in [-0.2, 0) is 0 Å². The van der Waals surface area contributed by atoms with E-state index in [0.717, 1.165) is 11.5 Å². The van der Waals surface area contributed by atoms with Gasteiger partial charge in [0.05, 0.1) is 13.7 Å². The van der Waals surface area contributed by atoms with Gasteiger partial charge >= 0.3 is 0 Å². The van der Waals surface area contributed by atoms with E-state index in [1.54, 1.807) is 33.1 Å². The van der Waals surface area contributed by atoms with Crippen LogP contribution in [0.3, 0.4) is 0 Å². The maximum absolute atomic E-state index is 12.3. The van der Waals surface area contributed by atoms with E-state index in [1.165, 1.54) is 0 Å². The van der Waals surface area contributed by atoms with Crippen LogP contribution in [0.15, 0.2) is 40.9 Å². The third-order valence-corrected chi connectivity index (χ3v) is 3.67. The maximum Gasteiger partial charge on any atom is 0.275 e. The van der Waals surface area contributed by atoms with E-state index in [1.807, 2.05) is 24.3 Å². The summed E-state index contributed by atoms with van der Waals surface area (Å²) in [4.78, 5) is 20.9. The number of nitrogens with zero attached hydrogens (tertiary/aromatic N) is 3. The molecule has 1 amide bonds. The molecule has 0 aliphatic rings. The average molecular weight is 383 g/mol. The number of hydrogen-bond acceptors (Lipinski definition) is 8. The Kier molecular flexibility index (Phi) is 6.05. The van der Waals surface area contributed by atoms with Crippen LogP contribution in [0.25, 0.3) is 0 Å². The summed E-state index contributed by atoms with van der Waals surface area (Å²) in [5.74, 6) is 2.40. The molecule has 28 heavy (non-hydrogen) atoms. The predicted molar refractivity (Wildman–Crippen MR) is 103 cm³/mol. The summed E-state index contributed by atoms with van der Waals surface area (Å²) in [6, 6.07) is 10.5. The summed E-state index contributed by atoms with van der Waals surface area (Å²) in [6.07, 6.45) is 0. The zero-order chi connectivity index (χ0) is 19.9. The van der Waals surface area contributed by atoms with Crippen LogP contribution >= 0.6 is 0 Å². The van der Waals surface area contributed by atoms with Crippen molar-refractivity contribution in [2.24, 2.45) is 0 Å². The number of anilines is 2. The maximum atomic E-state index is 12.3. The van der Waals surface area contributed by atoms with Gasteiger partial charge in [-0.1, -0.05) is 5.16 Å². The van der Waals surface area contributed by atoms with Crippen molar-refractivity contribution in [3.63, 3.8) is 0 Å². The molecule has 146 valence electrons. The van der Waals surface area contributed by atoms with Gasteiger partial charge in [0.2, 0.25) is 5.95 Å². The highest BCUT2D eigenvalue weighted by Gasteiger charge is 2.13. The lowest BCUT2D eigenvalue weighted by Crippen LogP contribution is -2.18. The number of carbonyl (C=O) groups is 1. The summed E-state index contributed by atoms with van der Waals surface area (Å²) in [7, 11) is 1.61. The molecule has 3 rings (SSSR count). The number of benzene rings is 1. The van der Waals surface area contributed by atoms with Crippen LogP contribution in [0.4, 0.5) is 11.8 Å². The molecular formula is C19H21N5O4. The zero-order valence-electron chi connectivity index (χ0n) is 15.9. The van der Waals surface area contributed by atoms with Gasteiger partial charge in [-0.05, 0) is 44.2 Å². The number of ether oxygens (including phenoxy) is 2. The Morgan fingerprint density at radius 1 is 1.11 bits per heavy atom. The van der Waals surface area contributed by atoms with Gasteiger partial charge in [-0.15, -0.1) is 0 Å². The standard InChI is InChI=1S/C19H21N5O4/c1-12-10-16(18(25)23-17-11-13(2)28-24-17)22-19(21-12)20-8-9-27-15-6-4-14(26-3)5-7-15/h4-7,10-11H,8-9H2,1-3H3,(H,20,21,22)(H,23,24,25). The number of methoxy groups -OCH3 is 1. The van der Waals surface area contributed by atoms with E-state index in [9.17, 15) is 4.79 Å². The first kappa shape index (κ1) is 19.2.